The zero-order chi connectivity index (χ0) is 15.5. The van der Waals surface area contributed by atoms with Gasteiger partial charge in [-0.15, -0.1) is 0 Å². The molecule has 0 atom stereocenters. The minimum absolute atomic E-state index is 0.578. The number of benzene rings is 1. The Bertz CT molecular complexity index is 571. The number of rotatable bonds is 5. The number of alkyl halides is 3. The van der Waals surface area contributed by atoms with Crippen molar-refractivity contribution in [3.8, 4) is 5.69 Å². The second-order valence-electron chi connectivity index (χ2n) is 5.36. The SMILES string of the molecule is CC(C)CNCc1ccc(-n2cc(C(F)(F)F)cn2)cc1. The van der Waals surface area contributed by atoms with Gasteiger partial charge in [-0.1, -0.05) is 26.0 Å². The third kappa shape index (κ3) is 4.32. The summed E-state index contributed by atoms with van der Waals surface area (Å²) in [5.74, 6) is 0.578. The number of hydrogen-bond donors (Lipinski definition) is 1. The summed E-state index contributed by atoms with van der Waals surface area (Å²) in [5, 5.41) is 7.06. The van der Waals surface area contributed by atoms with E-state index in [9.17, 15) is 13.2 Å². The number of nitrogens with one attached hydrogen (secondary N) is 1. The van der Waals surface area contributed by atoms with Crippen LogP contribution in [0, 0.1) is 5.92 Å². The van der Waals surface area contributed by atoms with Crippen LogP contribution in [-0.2, 0) is 12.7 Å². The zero-order valence-corrected chi connectivity index (χ0v) is 12.0. The molecule has 0 radical (unpaired) electrons. The molecule has 0 fully saturated rings. The van der Waals surface area contributed by atoms with Crippen molar-refractivity contribution in [2.45, 2.75) is 26.6 Å². The summed E-state index contributed by atoms with van der Waals surface area (Å²) in [6.07, 6.45) is -2.54. The number of aromatic nitrogens is 2. The van der Waals surface area contributed by atoms with E-state index < -0.39 is 11.7 Å². The molecule has 1 aromatic heterocycles. The van der Waals surface area contributed by atoms with E-state index in [4.69, 9.17) is 0 Å². The Balaban J connectivity index is 2.03. The van der Waals surface area contributed by atoms with Crippen molar-refractivity contribution in [1.29, 1.82) is 0 Å². The Morgan fingerprint density at radius 1 is 1.19 bits per heavy atom. The maximum absolute atomic E-state index is 12.5. The van der Waals surface area contributed by atoms with Gasteiger partial charge in [0.25, 0.3) is 0 Å². The summed E-state index contributed by atoms with van der Waals surface area (Å²) in [6, 6.07) is 7.30. The lowest BCUT2D eigenvalue weighted by molar-refractivity contribution is -0.137. The fourth-order valence-corrected chi connectivity index (χ4v) is 1.88. The van der Waals surface area contributed by atoms with Crippen molar-refractivity contribution in [3.63, 3.8) is 0 Å². The second kappa shape index (κ2) is 6.30. The minimum atomic E-state index is -4.36. The van der Waals surface area contributed by atoms with Crippen LogP contribution >= 0.6 is 0 Å². The maximum Gasteiger partial charge on any atom is 0.419 e. The van der Waals surface area contributed by atoms with Crippen LogP contribution < -0.4 is 5.32 Å². The summed E-state index contributed by atoms with van der Waals surface area (Å²) in [7, 11) is 0. The van der Waals surface area contributed by atoms with E-state index in [1.807, 2.05) is 12.1 Å². The first-order valence-corrected chi connectivity index (χ1v) is 6.78. The highest BCUT2D eigenvalue weighted by atomic mass is 19.4. The first-order valence-electron chi connectivity index (χ1n) is 6.78. The standard InChI is InChI=1S/C15H18F3N3/c1-11(2)7-19-8-12-3-5-14(6-4-12)21-10-13(9-20-21)15(16,17)18/h3-6,9-11,19H,7-8H2,1-2H3. The molecule has 0 saturated heterocycles. The molecule has 114 valence electrons. The highest BCUT2D eigenvalue weighted by Gasteiger charge is 2.32. The monoisotopic (exact) mass is 297 g/mol. The highest BCUT2D eigenvalue weighted by Crippen LogP contribution is 2.29. The Morgan fingerprint density at radius 2 is 1.86 bits per heavy atom. The molecule has 0 unspecified atom stereocenters. The molecule has 0 aliphatic carbocycles. The van der Waals surface area contributed by atoms with Crippen LogP contribution in [0.2, 0.25) is 0 Å². The Hall–Kier alpha value is -1.82. The summed E-state index contributed by atoms with van der Waals surface area (Å²) < 4.78 is 38.8. The quantitative estimate of drug-likeness (QED) is 0.913. The van der Waals surface area contributed by atoms with Crippen LogP contribution in [0.3, 0.4) is 0 Å². The normalized spacial score (nSPS) is 12.1. The Kier molecular flexibility index (Phi) is 4.67. The van der Waals surface area contributed by atoms with Crippen LogP contribution in [0.5, 0.6) is 0 Å². The van der Waals surface area contributed by atoms with Gasteiger partial charge < -0.3 is 5.32 Å². The minimum Gasteiger partial charge on any atom is -0.312 e. The fourth-order valence-electron chi connectivity index (χ4n) is 1.88. The molecule has 0 aliphatic rings. The predicted octanol–water partition coefficient (Wildman–Crippen LogP) is 3.64. The van der Waals surface area contributed by atoms with Crippen LogP contribution in [0.1, 0.15) is 25.0 Å². The lowest BCUT2D eigenvalue weighted by atomic mass is 10.2. The fraction of sp³-hybridized carbons (Fsp3) is 0.400. The van der Waals surface area contributed by atoms with E-state index in [1.54, 1.807) is 12.1 Å². The molecule has 21 heavy (non-hydrogen) atoms. The van der Waals surface area contributed by atoms with Crippen molar-refractivity contribution >= 4 is 0 Å². The smallest absolute Gasteiger partial charge is 0.312 e. The molecule has 2 aromatic rings. The van der Waals surface area contributed by atoms with Crippen molar-refractivity contribution in [2.75, 3.05) is 6.54 Å². The predicted molar refractivity (Wildman–Crippen MR) is 75.1 cm³/mol. The van der Waals surface area contributed by atoms with Gasteiger partial charge in [0.05, 0.1) is 17.4 Å². The average Bonchev–Trinajstić information content (AvgIpc) is 2.88. The molecular formula is C15H18F3N3. The van der Waals surface area contributed by atoms with Gasteiger partial charge in [0.1, 0.15) is 0 Å². The van der Waals surface area contributed by atoms with Crippen LogP contribution in [0.15, 0.2) is 36.7 Å². The molecule has 2 rings (SSSR count). The van der Waals surface area contributed by atoms with Crippen molar-refractivity contribution < 1.29 is 13.2 Å². The van der Waals surface area contributed by atoms with Gasteiger partial charge in [-0.2, -0.15) is 18.3 Å². The van der Waals surface area contributed by atoms with E-state index >= 15 is 0 Å². The van der Waals surface area contributed by atoms with Crippen molar-refractivity contribution in [3.05, 3.63) is 47.8 Å². The molecule has 1 N–H and O–H groups in total. The maximum atomic E-state index is 12.5. The number of halogens is 3. The number of hydrogen-bond acceptors (Lipinski definition) is 2. The van der Waals surface area contributed by atoms with E-state index in [0.717, 1.165) is 31.0 Å². The summed E-state index contributed by atoms with van der Waals surface area (Å²) >= 11 is 0. The molecule has 6 heteroatoms. The summed E-state index contributed by atoms with van der Waals surface area (Å²) in [6.45, 7) is 5.93. The van der Waals surface area contributed by atoms with E-state index in [2.05, 4.69) is 24.3 Å². The molecule has 1 heterocycles. The van der Waals surface area contributed by atoms with E-state index in [1.165, 1.54) is 4.68 Å². The highest BCUT2D eigenvalue weighted by molar-refractivity contribution is 5.34. The Morgan fingerprint density at radius 3 is 2.38 bits per heavy atom. The number of nitrogens with zero attached hydrogens (tertiary/aromatic N) is 2. The molecular weight excluding hydrogens is 279 g/mol. The van der Waals surface area contributed by atoms with Crippen molar-refractivity contribution in [2.24, 2.45) is 5.92 Å². The van der Waals surface area contributed by atoms with Gasteiger partial charge in [0.15, 0.2) is 0 Å². The van der Waals surface area contributed by atoms with Gasteiger partial charge in [-0.3, -0.25) is 0 Å². The first kappa shape index (κ1) is 15.6. The van der Waals surface area contributed by atoms with Gasteiger partial charge in [0.2, 0.25) is 0 Å². The second-order valence-corrected chi connectivity index (χ2v) is 5.36. The average molecular weight is 297 g/mol. The largest absolute Gasteiger partial charge is 0.419 e. The van der Waals surface area contributed by atoms with Crippen LogP contribution in [-0.4, -0.2) is 16.3 Å². The van der Waals surface area contributed by atoms with Crippen LogP contribution in [0.25, 0.3) is 5.69 Å². The Labute approximate surface area is 121 Å². The topological polar surface area (TPSA) is 29.9 Å². The third-order valence-corrected chi connectivity index (χ3v) is 2.99. The van der Waals surface area contributed by atoms with Gasteiger partial charge in [0, 0.05) is 12.7 Å². The third-order valence-electron chi connectivity index (χ3n) is 2.99. The van der Waals surface area contributed by atoms with Crippen molar-refractivity contribution in [1.82, 2.24) is 15.1 Å². The molecule has 0 spiro atoms. The molecule has 0 saturated carbocycles. The zero-order valence-electron chi connectivity index (χ0n) is 12.0. The van der Waals surface area contributed by atoms with Crippen LogP contribution in [0.4, 0.5) is 13.2 Å². The van der Waals surface area contributed by atoms with Gasteiger partial charge in [-0.05, 0) is 30.2 Å². The van der Waals surface area contributed by atoms with Gasteiger partial charge >= 0.3 is 6.18 Å². The molecule has 1 aromatic carbocycles. The van der Waals surface area contributed by atoms with E-state index in [-0.39, 0.29) is 0 Å². The molecule has 0 bridgehead atoms. The molecule has 0 amide bonds. The van der Waals surface area contributed by atoms with E-state index in [0.29, 0.717) is 11.6 Å². The lowest BCUT2D eigenvalue weighted by Crippen LogP contribution is -2.18. The van der Waals surface area contributed by atoms with Gasteiger partial charge in [-0.25, -0.2) is 4.68 Å². The molecule has 0 aliphatic heterocycles. The summed E-state index contributed by atoms with van der Waals surface area (Å²) in [5.41, 5.74) is 0.950. The first-order chi connectivity index (χ1) is 9.86. The molecule has 3 nitrogen and oxygen atoms in total. The lowest BCUT2D eigenvalue weighted by Gasteiger charge is -2.08. The summed E-state index contributed by atoms with van der Waals surface area (Å²) in [4.78, 5) is 0.